The van der Waals surface area contributed by atoms with Gasteiger partial charge in [-0.1, -0.05) is 23.2 Å². The molecule has 1 aliphatic rings. The van der Waals surface area contributed by atoms with E-state index in [-0.39, 0.29) is 5.71 Å². The number of esters is 1. The Morgan fingerprint density at radius 2 is 2.43 bits per heavy atom. The molecule has 1 atom stereocenters. The summed E-state index contributed by atoms with van der Waals surface area (Å²) >= 11 is 11.8. The Hall–Kier alpha value is -0.540. The van der Waals surface area contributed by atoms with E-state index in [0.29, 0.717) is 18.1 Å². The first-order valence-corrected chi connectivity index (χ1v) is 5.02. The van der Waals surface area contributed by atoms with Gasteiger partial charge in [-0.25, -0.2) is 4.79 Å². The Kier molecular flexibility index (Phi) is 3.56. The third kappa shape index (κ3) is 3.00. The van der Waals surface area contributed by atoms with Crippen LogP contribution in [0.25, 0.3) is 0 Å². The highest BCUT2D eigenvalue weighted by Gasteiger charge is 2.28. The first-order valence-electron chi connectivity index (χ1n) is 4.26. The van der Waals surface area contributed by atoms with Gasteiger partial charge in [-0.15, -0.1) is 0 Å². The second kappa shape index (κ2) is 4.32. The Bertz CT molecular complexity index is 308. The van der Waals surface area contributed by atoms with Crippen LogP contribution in [0.15, 0.2) is 16.1 Å². The van der Waals surface area contributed by atoms with Crippen LogP contribution >= 0.6 is 23.2 Å². The zero-order valence-electron chi connectivity index (χ0n) is 8.01. The van der Waals surface area contributed by atoms with Gasteiger partial charge in [-0.05, 0) is 19.9 Å². The Morgan fingerprint density at radius 3 is 2.93 bits per heavy atom. The van der Waals surface area contributed by atoms with E-state index < -0.39 is 11.0 Å². The molecule has 14 heavy (non-hydrogen) atoms. The van der Waals surface area contributed by atoms with Gasteiger partial charge >= 0.3 is 5.97 Å². The van der Waals surface area contributed by atoms with Gasteiger partial charge < -0.3 is 4.74 Å². The number of ether oxygens (including phenoxy) is 1. The van der Waals surface area contributed by atoms with Crippen LogP contribution in [0.3, 0.4) is 0 Å². The maximum absolute atomic E-state index is 11.3. The summed E-state index contributed by atoms with van der Waals surface area (Å²) in [6.45, 7) is 3.73. The molecule has 0 amide bonds. The lowest BCUT2D eigenvalue weighted by molar-refractivity contribution is -0.134. The summed E-state index contributed by atoms with van der Waals surface area (Å²) in [5.74, 6) is -0.489. The molecule has 0 radical (unpaired) electrons. The van der Waals surface area contributed by atoms with Gasteiger partial charge in [0, 0.05) is 11.5 Å². The number of carbonyl (C=O) groups excluding carboxylic acids is 1. The van der Waals surface area contributed by atoms with Crippen molar-refractivity contribution < 1.29 is 9.53 Å². The monoisotopic (exact) mass is 235 g/mol. The molecule has 0 saturated heterocycles. The molecule has 1 aliphatic heterocycles. The molecule has 0 N–H and O–H groups in total. The number of alkyl halides is 1. The van der Waals surface area contributed by atoms with E-state index in [4.69, 9.17) is 27.9 Å². The molecule has 3 nitrogen and oxygen atoms in total. The molecule has 1 rings (SSSR count). The van der Waals surface area contributed by atoms with Crippen molar-refractivity contribution in [1.29, 1.82) is 0 Å². The average molecular weight is 236 g/mol. The highest BCUT2D eigenvalue weighted by atomic mass is 35.5. The maximum Gasteiger partial charge on any atom is 0.356 e. The fraction of sp³-hybridized carbons (Fsp3) is 0.556. The minimum absolute atomic E-state index is 0.181. The Balaban J connectivity index is 2.87. The smallest absolute Gasteiger partial charge is 0.356 e. The van der Waals surface area contributed by atoms with E-state index in [9.17, 15) is 4.79 Å². The number of hydrogen-bond acceptors (Lipinski definition) is 3. The Morgan fingerprint density at radius 1 is 1.79 bits per heavy atom. The summed E-state index contributed by atoms with van der Waals surface area (Å²) in [6.07, 6.45) is 1.92. The molecule has 0 aromatic heterocycles. The van der Waals surface area contributed by atoms with E-state index in [1.54, 1.807) is 13.8 Å². The van der Waals surface area contributed by atoms with E-state index in [1.165, 1.54) is 6.08 Å². The van der Waals surface area contributed by atoms with Crippen molar-refractivity contribution in [2.75, 3.05) is 6.61 Å². The van der Waals surface area contributed by atoms with Crippen LogP contribution in [-0.2, 0) is 9.53 Å². The predicted octanol–water partition coefficient (Wildman–Crippen LogP) is 2.47. The molecule has 0 bridgehead atoms. The quantitative estimate of drug-likeness (QED) is 0.419. The van der Waals surface area contributed by atoms with Crippen LogP contribution < -0.4 is 0 Å². The van der Waals surface area contributed by atoms with Crippen molar-refractivity contribution >= 4 is 34.9 Å². The van der Waals surface area contributed by atoms with Crippen molar-refractivity contribution in [2.45, 2.75) is 25.3 Å². The van der Waals surface area contributed by atoms with Crippen molar-refractivity contribution in [3.8, 4) is 0 Å². The van der Waals surface area contributed by atoms with Gasteiger partial charge in [-0.2, -0.15) is 0 Å². The largest absolute Gasteiger partial charge is 0.461 e. The normalized spacial score (nSPS) is 26.6. The van der Waals surface area contributed by atoms with Crippen LogP contribution in [0.5, 0.6) is 0 Å². The molecule has 0 aromatic carbocycles. The summed E-state index contributed by atoms with van der Waals surface area (Å²) < 4.78 is 4.79. The third-order valence-corrected chi connectivity index (χ3v) is 2.08. The molecule has 78 valence electrons. The third-order valence-electron chi connectivity index (χ3n) is 1.62. The van der Waals surface area contributed by atoms with E-state index in [1.807, 2.05) is 0 Å². The maximum atomic E-state index is 11.3. The van der Waals surface area contributed by atoms with Gasteiger partial charge in [0.05, 0.1) is 6.61 Å². The number of carbonyl (C=O) groups is 1. The molecule has 5 heteroatoms. The zero-order valence-corrected chi connectivity index (χ0v) is 9.52. The molecule has 0 spiro atoms. The van der Waals surface area contributed by atoms with E-state index in [2.05, 4.69) is 4.99 Å². The molecule has 1 heterocycles. The van der Waals surface area contributed by atoms with Crippen molar-refractivity contribution in [3.05, 3.63) is 11.1 Å². The first-order chi connectivity index (χ1) is 6.44. The highest BCUT2D eigenvalue weighted by Crippen LogP contribution is 2.31. The number of halogens is 2. The van der Waals surface area contributed by atoms with Gasteiger partial charge in [0.1, 0.15) is 10.7 Å². The SMILES string of the molecule is CCOC(=O)C1=NC(C)(Cl)CC(Cl)=C1. The zero-order chi connectivity index (χ0) is 10.8. The predicted molar refractivity (Wildman–Crippen MR) is 56.9 cm³/mol. The standard InChI is InChI=1S/C9H11Cl2NO2/c1-3-14-8(13)7-4-6(10)5-9(2,11)12-7/h4H,3,5H2,1-2H3. The van der Waals surface area contributed by atoms with E-state index >= 15 is 0 Å². The van der Waals surface area contributed by atoms with Gasteiger partial charge in [0.15, 0.2) is 0 Å². The molecular weight excluding hydrogens is 225 g/mol. The fourth-order valence-electron chi connectivity index (χ4n) is 1.14. The van der Waals surface area contributed by atoms with Crippen LogP contribution in [0.4, 0.5) is 0 Å². The van der Waals surface area contributed by atoms with Crippen LogP contribution in [0.1, 0.15) is 20.3 Å². The molecule has 0 saturated carbocycles. The highest BCUT2D eigenvalue weighted by molar-refractivity contribution is 6.45. The molecular formula is C9H11Cl2NO2. The number of hydrogen-bond donors (Lipinski definition) is 0. The number of nitrogens with zero attached hydrogens (tertiary/aromatic N) is 1. The second-order valence-electron chi connectivity index (χ2n) is 3.13. The summed E-state index contributed by atoms with van der Waals surface area (Å²) in [5.41, 5.74) is 0.181. The minimum atomic E-state index is -0.839. The minimum Gasteiger partial charge on any atom is -0.461 e. The van der Waals surface area contributed by atoms with Crippen molar-refractivity contribution in [2.24, 2.45) is 4.99 Å². The Labute approximate surface area is 92.7 Å². The topological polar surface area (TPSA) is 38.7 Å². The summed E-state index contributed by atoms with van der Waals surface area (Å²) in [6, 6.07) is 0. The van der Waals surface area contributed by atoms with E-state index in [0.717, 1.165) is 0 Å². The van der Waals surface area contributed by atoms with Gasteiger partial charge in [0.25, 0.3) is 0 Å². The van der Waals surface area contributed by atoms with Crippen LogP contribution in [0.2, 0.25) is 0 Å². The molecule has 0 fully saturated rings. The lowest BCUT2D eigenvalue weighted by Gasteiger charge is -2.21. The van der Waals surface area contributed by atoms with Gasteiger partial charge in [0.2, 0.25) is 0 Å². The summed E-state index contributed by atoms with van der Waals surface area (Å²) in [5, 5.41) is 0.514. The van der Waals surface area contributed by atoms with Crippen LogP contribution in [0, 0.1) is 0 Å². The number of rotatable bonds is 2. The lowest BCUT2D eigenvalue weighted by atomic mass is 10.1. The summed E-state index contributed by atoms with van der Waals surface area (Å²) in [7, 11) is 0. The lowest BCUT2D eigenvalue weighted by Crippen LogP contribution is -2.26. The van der Waals surface area contributed by atoms with Crippen LogP contribution in [-0.4, -0.2) is 23.3 Å². The first kappa shape index (κ1) is 11.5. The molecule has 0 aliphatic carbocycles. The summed E-state index contributed by atoms with van der Waals surface area (Å²) in [4.78, 5) is 14.5. The molecule has 0 aromatic rings. The van der Waals surface area contributed by atoms with Crippen molar-refractivity contribution in [1.82, 2.24) is 0 Å². The van der Waals surface area contributed by atoms with Crippen molar-refractivity contribution in [3.63, 3.8) is 0 Å². The second-order valence-corrected chi connectivity index (χ2v) is 4.43. The fourth-order valence-corrected chi connectivity index (χ4v) is 1.81. The average Bonchev–Trinajstić information content (AvgIpc) is 2.00. The molecule has 1 unspecified atom stereocenters. The number of dihydropyridines is 1. The van der Waals surface area contributed by atoms with Gasteiger partial charge in [-0.3, -0.25) is 4.99 Å². The number of aliphatic imine (C=N–C) groups is 1.